The predicted molar refractivity (Wildman–Crippen MR) is 78.0 cm³/mol. The molecule has 3 fully saturated rings. The van der Waals surface area contributed by atoms with E-state index >= 15 is 0 Å². The molecule has 0 unspecified atom stereocenters. The van der Waals surface area contributed by atoms with E-state index in [4.69, 9.17) is 0 Å². The molecule has 118 valence electrons. The fourth-order valence-corrected chi connectivity index (χ4v) is 4.76. The van der Waals surface area contributed by atoms with Crippen molar-refractivity contribution in [3.05, 3.63) is 18.2 Å². The molecule has 1 amide bonds. The molecule has 2 aliphatic carbocycles. The van der Waals surface area contributed by atoms with Crippen molar-refractivity contribution in [3.8, 4) is 0 Å². The Hall–Kier alpha value is -1.85. The lowest BCUT2D eigenvalue weighted by molar-refractivity contribution is -0.143. The minimum Gasteiger partial charge on any atom is -0.481 e. The zero-order valence-electron chi connectivity index (χ0n) is 12.9. The maximum absolute atomic E-state index is 12.8. The van der Waals surface area contributed by atoms with Gasteiger partial charge in [0.25, 0.3) is 0 Å². The fourth-order valence-electron chi connectivity index (χ4n) is 4.76. The number of hydrogen-bond donors (Lipinski definition) is 1. The van der Waals surface area contributed by atoms with Crippen LogP contribution in [-0.4, -0.2) is 44.5 Å². The molecule has 0 spiro atoms. The van der Waals surface area contributed by atoms with Crippen LogP contribution in [0.4, 0.5) is 0 Å². The molecule has 5 atom stereocenters. The average molecular weight is 303 g/mol. The topological polar surface area (TPSA) is 75.4 Å². The molecule has 0 radical (unpaired) electrons. The molecule has 2 saturated carbocycles. The van der Waals surface area contributed by atoms with E-state index in [9.17, 15) is 14.7 Å². The van der Waals surface area contributed by atoms with E-state index in [1.165, 1.54) is 0 Å². The van der Waals surface area contributed by atoms with Crippen molar-refractivity contribution in [2.45, 2.75) is 25.7 Å². The van der Waals surface area contributed by atoms with Gasteiger partial charge in [0.05, 0.1) is 17.7 Å². The molecule has 1 saturated heterocycles. The summed E-state index contributed by atoms with van der Waals surface area (Å²) in [5.41, 5.74) is 0.763. The Bertz CT molecular complexity index is 655. The normalized spacial score (nSPS) is 39.3. The standard InChI is InChI=1S/C16H21N3O3/c1-9-3-16(4-12(9)16)15(22)19-6-10(11(7-19)14(20)21)13-5-17-8-18(13)2/h5,8-12H,3-4,6-7H2,1-2H3,(H,20,21)/t9-,10+,11+,12-,16+/m1/s1. The number of carbonyl (C=O) groups is 2. The Balaban J connectivity index is 1.56. The molecule has 1 aromatic heterocycles. The molecule has 3 aliphatic rings. The van der Waals surface area contributed by atoms with Crippen LogP contribution < -0.4 is 0 Å². The molecule has 1 aliphatic heterocycles. The predicted octanol–water partition coefficient (Wildman–Crippen LogP) is 1.09. The highest BCUT2D eigenvalue weighted by Gasteiger charge is 2.71. The van der Waals surface area contributed by atoms with Crippen LogP contribution in [-0.2, 0) is 16.6 Å². The number of carbonyl (C=O) groups excluding carboxylic acids is 1. The SMILES string of the molecule is C[C@@H]1C[C@]2(C(=O)N3C[C@H](C(=O)O)[C@@H](c4cncn4C)C3)C[C@H]12. The molecule has 0 aromatic carbocycles. The van der Waals surface area contributed by atoms with Gasteiger partial charge in [-0.2, -0.15) is 0 Å². The minimum atomic E-state index is -0.826. The van der Waals surface area contributed by atoms with Crippen LogP contribution in [0.3, 0.4) is 0 Å². The number of aliphatic carboxylic acids is 1. The van der Waals surface area contributed by atoms with Crippen LogP contribution >= 0.6 is 0 Å². The van der Waals surface area contributed by atoms with Gasteiger partial charge >= 0.3 is 5.97 Å². The third-order valence-corrected chi connectivity index (χ3v) is 6.09. The molecule has 1 N–H and O–H groups in total. The quantitative estimate of drug-likeness (QED) is 0.907. The van der Waals surface area contributed by atoms with E-state index in [-0.39, 0.29) is 17.2 Å². The van der Waals surface area contributed by atoms with Gasteiger partial charge in [0.15, 0.2) is 0 Å². The first-order valence-electron chi connectivity index (χ1n) is 7.92. The molecule has 4 rings (SSSR count). The summed E-state index contributed by atoms with van der Waals surface area (Å²) in [7, 11) is 1.87. The van der Waals surface area contributed by atoms with Crippen molar-refractivity contribution in [2.24, 2.45) is 30.2 Å². The first-order valence-corrected chi connectivity index (χ1v) is 7.92. The Morgan fingerprint density at radius 2 is 2.14 bits per heavy atom. The molecule has 1 aromatic rings. The van der Waals surface area contributed by atoms with Gasteiger partial charge in [-0.3, -0.25) is 9.59 Å². The van der Waals surface area contributed by atoms with E-state index < -0.39 is 11.9 Å². The van der Waals surface area contributed by atoms with Gasteiger partial charge in [-0.1, -0.05) is 6.92 Å². The van der Waals surface area contributed by atoms with Gasteiger partial charge in [-0.15, -0.1) is 0 Å². The molecule has 6 nitrogen and oxygen atoms in total. The average Bonchev–Trinajstić information content (AvgIpc) is 2.82. The smallest absolute Gasteiger partial charge is 0.309 e. The lowest BCUT2D eigenvalue weighted by Gasteiger charge is -2.34. The highest BCUT2D eigenvalue weighted by atomic mass is 16.4. The fraction of sp³-hybridized carbons (Fsp3) is 0.688. The van der Waals surface area contributed by atoms with Crippen molar-refractivity contribution in [3.63, 3.8) is 0 Å². The van der Waals surface area contributed by atoms with Gasteiger partial charge in [0.1, 0.15) is 0 Å². The second-order valence-corrected chi connectivity index (χ2v) is 7.34. The third kappa shape index (κ3) is 1.69. The molecule has 0 bridgehead atoms. The summed E-state index contributed by atoms with van der Waals surface area (Å²) in [5.74, 6) is -0.154. The second-order valence-electron chi connectivity index (χ2n) is 7.34. The zero-order valence-corrected chi connectivity index (χ0v) is 12.9. The Kier molecular flexibility index (Phi) is 2.72. The molecule has 22 heavy (non-hydrogen) atoms. The number of carboxylic acids is 1. The number of hydrogen-bond acceptors (Lipinski definition) is 3. The molecule has 2 heterocycles. The van der Waals surface area contributed by atoms with E-state index in [0.29, 0.717) is 24.9 Å². The number of rotatable bonds is 3. The lowest BCUT2D eigenvalue weighted by atomic mass is 9.75. The number of likely N-dealkylation sites (tertiary alicyclic amines) is 1. The van der Waals surface area contributed by atoms with E-state index in [1.807, 2.05) is 11.6 Å². The summed E-state index contributed by atoms with van der Waals surface area (Å²) in [6.07, 6.45) is 5.37. The van der Waals surface area contributed by atoms with Crippen LogP contribution in [0.2, 0.25) is 0 Å². The van der Waals surface area contributed by atoms with Crippen LogP contribution in [0.15, 0.2) is 12.5 Å². The summed E-state index contributed by atoms with van der Waals surface area (Å²) in [4.78, 5) is 30.3. The van der Waals surface area contributed by atoms with E-state index in [1.54, 1.807) is 17.4 Å². The monoisotopic (exact) mass is 303 g/mol. The number of amides is 1. The first kappa shape index (κ1) is 13.8. The number of fused-ring (bicyclic) bond motifs is 1. The number of carboxylic acid groups (broad SMARTS) is 1. The first-order chi connectivity index (χ1) is 10.4. The zero-order chi connectivity index (χ0) is 15.6. The summed E-state index contributed by atoms with van der Waals surface area (Å²) < 4.78 is 1.86. The number of imidazole rings is 1. The van der Waals surface area contributed by atoms with Crippen LogP contribution in [0.25, 0.3) is 0 Å². The summed E-state index contributed by atoms with van der Waals surface area (Å²) in [6, 6.07) is 0. The Morgan fingerprint density at radius 3 is 2.64 bits per heavy atom. The largest absolute Gasteiger partial charge is 0.481 e. The number of nitrogens with zero attached hydrogens (tertiary/aromatic N) is 3. The van der Waals surface area contributed by atoms with Crippen LogP contribution in [0.5, 0.6) is 0 Å². The van der Waals surface area contributed by atoms with Crippen molar-refractivity contribution in [1.29, 1.82) is 0 Å². The highest BCUT2D eigenvalue weighted by molar-refractivity contribution is 5.88. The lowest BCUT2D eigenvalue weighted by Crippen LogP contribution is -2.42. The minimum absolute atomic E-state index is 0.135. The third-order valence-electron chi connectivity index (χ3n) is 6.09. The molecular formula is C16H21N3O3. The van der Waals surface area contributed by atoms with E-state index in [2.05, 4.69) is 11.9 Å². The van der Waals surface area contributed by atoms with Crippen LogP contribution in [0, 0.1) is 23.2 Å². The van der Waals surface area contributed by atoms with Crippen molar-refractivity contribution in [1.82, 2.24) is 14.5 Å². The van der Waals surface area contributed by atoms with Crippen molar-refractivity contribution in [2.75, 3.05) is 13.1 Å². The van der Waals surface area contributed by atoms with Crippen molar-refractivity contribution >= 4 is 11.9 Å². The maximum Gasteiger partial charge on any atom is 0.309 e. The molecular weight excluding hydrogens is 282 g/mol. The van der Waals surface area contributed by atoms with Gasteiger partial charge in [-0.25, -0.2) is 4.98 Å². The molecule has 6 heteroatoms. The summed E-state index contributed by atoms with van der Waals surface area (Å²) in [5, 5.41) is 9.53. The van der Waals surface area contributed by atoms with Gasteiger partial charge in [0.2, 0.25) is 5.91 Å². The van der Waals surface area contributed by atoms with Crippen molar-refractivity contribution < 1.29 is 14.7 Å². The van der Waals surface area contributed by atoms with Gasteiger partial charge < -0.3 is 14.6 Å². The highest BCUT2D eigenvalue weighted by Crippen LogP contribution is 2.71. The van der Waals surface area contributed by atoms with Gasteiger partial charge in [0, 0.05) is 37.9 Å². The Labute approximate surface area is 129 Å². The summed E-state index contributed by atoms with van der Waals surface area (Å²) >= 11 is 0. The van der Waals surface area contributed by atoms with Crippen LogP contribution in [0.1, 0.15) is 31.4 Å². The Morgan fingerprint density at radius 1 is 1.36 bits per heavy atom. The number of aromatic nitrogens is 2. The maximum atomic E-state index is 12.8. The summed E-state index contributed by atoms with van der Waals surface area (Å²) in [6.45, 7) is 3.02. The number of aryl methyl sites for hydroxylation is 1. The van der Waals surface area contributed by atoms with Gasteiger partial charge in [-0.05, 0) is 24.7 Å². The second kappa shape index (κ2) is 4.33. The van der Waals surface area contributed by atoms with E-state index in [0.717, 1.165) is 18.5 Å².